The van der Waals surface area contributed by atoms with Crippen molar-refractivity contribution in [2.24, 2.45) is 0 Å². The normalized spacial score (nSPS) is 13.0. The molecule has 0 spiro atoms. The van der Waals surface area contributed by atoms with Crippen LogP contribution in [0.4, 0.5) is 5.00 Å². The Kier molecular flexibility index (Phi) is 7.40. The van der Waals surface area contributed by atoms with Gasteiger partial charge in [0.2, 0.25) is 0 Å². The number of aryl methyl sites for hydroxylation is 1. The topological polar surface area (TPSA) is 76.7 Å². The number of nitrogens with one attached hydrogen (secondary N) is 2. The second kappa shape index (κ2) is 9.80. The second-order valence-electron chi connectivity index (χ2n) is 6.59. The number of ether oxygens (including phenoxy) is 2. The molecule has 1 aromatic heterocycles. The molecular formula is C20H22Cl2N2O4S. The Balaban J connectivity index is 1.89. The lowest BCUT2D eigenvalue weighted by molar-refractivity contribution is 0.0937. The van der Waals surface area contributed by atoms with Crippen LogP contribution in [0.25, 0.3) is 0 Å². The summed E-state index contributed by atoms with van der Waals surface area (Å²) >= 11 is 13.8. The van der Waals surface area contributed by atoms with Crippen molar-refractivity contribution in [1.82, 2.24) is 5.32 Å². The van der Waals surface area contributed by atoms with Crippen molar-refractivity contribution in [2.45, 2.75) is 25.7 Å². The lowest BCUT2D eigenvalue weighted by Crippen LogP contribution is -2.28. The maximum absolute atomic E-state index is 12.9. The molecule has 0 unspecified atom stereocenters. The van der Waals surface area contributed by atoms with Gasteiger partial charge in [-0.25, -0.2) is 0 Å². The van der Waals surface area contributed by atoms with Crippen molar-refractivity contribution in [1.29, 1.82) is 0 Å². The highest BCUT2D eigenvalue weighted by atomic mass is 35.5. The zero-order chi connectivity index (χ0) is 21.0. The third kappa shape index (κ3) is 4.86. The fourth-order valence-corrected chi connectivity index (χ4v) is 5.23. The molecule has 1 heterocycles. The number of carbonyl (C=O) groups excluding carboxylic acids is 2. The highest BCUT2D eigenvalue weighted by Gasteiger charge is 2.26. The van der Waals surface area contributed by atoms with E-state index in [2.05, 4.69) is 10.6 Å². The van der Waals surface area contributed by atoms with Gasteiger partial charge < -0.3 is 20.1 Å². The molecule has 156 valence electrons. The number of benzene rings is 1. The van der Waals surface area contributed by atoms with Crippen LogP contribution in [0.2, 0.25) is 10.0 Å². The van der Waals surface area contributed by atoms with Crippen molar-refractivity contribution in [3.05, 3.63) is 43.7 Å². The summed E-state index contributed by atoms with van der Waals surface area (Å²) in [4.78, 5) is 26.8. The highest BCUT2D eigenvalue weighted by molar-refractivity contribution is 7.17. The lowest BCUT2D eigenvalue weighted by Gasteiger charge is -2.13. The Hall–Kier alpha value is -1.80. The number of hydrogen-bond donors (Lipinski definition) is 2. The van der Waals surface area contributed by atoms with E-state index >= 15 is 0 Å². The molecule has 2 aromatic rings. The molecule has 3 rings (SSSR count). The Morgan fingerprint density at radius 1 is 1.10 bits per heavy atom. The minimum absolute atomic E-state index is 0.206. The third-order valence-electron chi connectivity index (χ3n) is 4.68. The summed E-state index contributed by atoms with van der Waals surface area (Å²) in [5.41, 5.74) is 1.86. The number of methoxy groups -OCH3 is 2. The van der Waals surface area contributed by atoms with E-state index in [4.69, 9.17) is 32.7 Å². The van der Waals surface area contributed by atoms with Gasteiger partial charge in [-0.3, -0.25) is 9.59 Å². The molecule has 9 heteroatoms. The van der Waals surface area contributed by atoms with Crippen LogP contribution in [-0.2, 0) is 17.6 Å². The second-order valence-corrected chi connectivity index (χ2v) is 8.51. The molecule has 6 nitrogen and oxygen atoms in total. The minimum atomic E-state index is -0.388. The van der Waals surface area contributed by atoms with Crippen LogP contribution in [0.15, 0.2) is 12.1 Å². The van der Waals surface area contributed by atoms with Gasteiger partial charge in [0.25, 0.3) is 11.8 Å². The molecule has 29 heavy (non-hydrogen) atoms. The summed E-state index contributed by atoms with van der Waals surface area (Å²) in [6.45, 7) is 0.819. The van der Waals surface area contributed by atoms with Crippen LogP contribution in [-0.4, -0.2) is 39.2 Å². The Morgan fingerprint density at radius 3 is 2.45 bits per heavy atom. The van der Waals surface area contributed by atoms with Crippen molar-refractivity contribution in [2.75, 3.05) is 32.7 Å². The van der Waals surface area contributed by atoms with Crippen molar-refractivity contribution < 1.29 is 19.1 Å². The fourth-order valence-electron chi connectivity index (χ4n) is 3.31. The van der Waals surface area contributed by atoms with Gasteiger partial charge in [-0.1, -0.05) is 23.2 Å². The number of amides is 2. The zero-order valence-corrected chi connectivity index (χ0v) is 18.5. The van der Waals surface area contributed by atoms with Gasteiger partial charge in [-0.2, -0.15) is 0 Å². The van der Waals surface area contributed by atoms with Gasteiger partial charge in [0.15, 0.2) is 5.75 Å². The maximum atomic E-state index is 12.9. The molecule has 0 saturated heterocycles. The lowest BCUT2D eigenvalue weighted by atomic mass is 9.95. The quantitative estimate of drug-likeness (QED) is 0.598. The molecule has 0 bridgehead atoms. The molecule has 2 amide bonds. The largest absolute Gasteiger partial charge is 0.494 e. The van der Waals surface area contributed by atoms with Gasteiger partial charge in [0, 0.05) is 24.1 Å². The van der Waals surface area contributed by atoms with Gasteiger partial charge in [-0.15, -0.1) is 11.3 Å². The van der Waals surface area contributed by atoms with Gasteiger partial charge in [0.1, 0.15) is 5.00 Å². The fraction of sp³-hybridized carbons (Fsp3) is 0.400. The summed E-state index contributed by atoms with van der Waals surface area (Å²) in [7, 11) is 3.03. The molecule has 0 atom stereocenters. The van der Waals surface area contributed by atoms with E-state index in [1.807, 2.05) is 0 Å². The average Bonchev–Trinajstić information content (AvgIpc) is 3.05. The summed E-state index contributed by atoms with van der Waals surface area (Å²) in [6, 6.07) is 2.99. The number of fused-ring (bicyclic) bond motifs is 1. The first kappa shape index (κ1) is 21.9. The minimum Gasteiger partial charge on any atom is -0.494 e. The SMILES string of the molecule is COCCNC(=O)c1c(NC(=O)c2cc(Cl)c(OC)c(Cl)c2)sc2c1CCCC2. The first-order valence-corrected chi connectivity index (χ1v) is 10.8. The predicted octanol–water partition coefficient (Wildman–Crippen LogP) is 4.57. The van der Waals surface area contributed by atoms with E-state index in [1.165, 1.54) is 30.6 Å². The maximum Gasteiger partial charge on any atom is 0.256 e. The summed E-state index contributed by atoms with van der Waals surface area (Å²) in [5, 5.41) is 6.76. The van der Waals surface area contributed by atoms with E-state index in [1.54, 1.807) is 7.11 Å². The van der Waals surface area contributed by atoms with Crippen molar-refractivity contribution in [3.8, 4) is 5.75 Å². The number of carbonyl (C=O) groups is 2. The highest BCUT2D eigenvalue weighted by Crippen LogP contribution is 2.39. The first-order chi connectivity index (χ1) is 14.0. The number of anilines is 1. The van der Waals surface area contributed by atoms with E-state index in [0.717, 1.165) is 36.1 Å². The molecular weight excluding hydrogens is 435 g/mol. The van der Waals surface area contributed by atoms with Crippen LogP contribution >= 0.6 is 34.5 Å². The molecule has 1 aliphatic rings. The standard InChI is InChI=1S/C20H22Cl2N2O4S/c1-27-8-7-23-19(26)16-12-5-3-4-6-15(12)29-20(16)24-18(25)11-9-13(21)17(28-2)14(22)10-11/h9-10H,3-8H2,1-2H3,(H,23,26)(H,24,25). The van der Waals surface area contributed by atoms with E-state index in [9.17, 15) is 9.59 Å². The third-order valence-corrected chi connectivity index (χ3v) is 6.45. The van der Waals surface area contributed by atoms with E-state index in [-0.39, 0.29) is 27.4 Å². The molecule has 1 aliphatic carbocycles. The Labute approximate surface area is 183 Å². The van der Waals surface area contributed by atoms with Crippen LogP contribution in [0.1, 0.15) is 44.0 Å². The molecule has 0 aliphatic heterocycles. The van der Waals surface area contributed by atoms with E-state index < -0.39 is 0 Å². The van der Waals surface area contributed by atoms with Crippen molar-refractivity contribution >= 4 is 51.4 Å². The molecule has 0 saturated carbocycles. The number of hydrogen-bond acceptors (Lipinski definition) is 5. The van der Waals surface area contributed by atoms with Gasteiger partial charge >= 0.3 is 0 Å². The van der Waals surface area contributed by atoms with Crippen LogP contribution in [0.5, 0.6) is 5.75 Å². The number of thiophene rings is 1. The molecule has 0 fully saturated rings. The van der Waals surface area contributed by atoms with Gasteiger partial charge in [-0.05, 0) is 43.4 Å². The summed E-state index contributed by atoms with van der Waals surface area (Å²) < 4.78 is 10.1. The van der Waals surface area contributed by atoms with Crippen LogP contribution in [0, 0.1) is 0 Å². The van der Waals surface area contributed by atoms with E-state index in [0.29, 0.717) is 29.5 Å². The first-order valence-electron chi connectivity index (χ1n) is 9.22. The van der Waals surface area contributed by atoms with Crippen LogP contribution in [0.3, 0.4) is 0 Å². The monoisotopic (exact) mass is 456 g/mol. The Morgan fingerprint density at radius 2 is 1.79 bits per heavy atom. The zero-order valence-electron chi connectivity index (χ0n) is 16.2. The Bertz CT molecular complexity index is 906. The smallest absolute Gasteiger partial charge is 0.256 e. The van der Waals surface area contributed by atoms with Crippen molar-refractivity contribution in [3.63, 3.8) is 0 Å². The molecule has 1 aromatic carbocycles. The van der Waals surface area contributed by atoms with Gasteiger partial charge in [0.05, 0.1) is 29.3 Å². The predicted molar refractivity (Wildman–Crippen MR) is 116 cm³/mol. The number of halogens is 2. The average molecular weight is 457 g/mol. The number of rotatable bonds is 7. The molecule has 2 N–H and O–H groups in total. The summed E-state index contributed by atoms with van der Waals surface area (Å²) in [6.07, 6.45) is 3.85. The molecule has 0 radical (unpaired) electrons. The summed E-state index contributed by atoms with van der Waals surface area (Å²) in [5.74, 6) is -0.279. The van der Waals surface area contributed by atoms with Crippen LogP contribution < -0.4 is 15.4 Å².